The highest BCUT2D eigenvalue weighted by molar-refractivity contribution is 5.56. The molecule has 0 aliphatic carbocycles. The Bertz CT molecular complexity index is 902. The lowest BCUT2D eigenvalue weighted by atomic mass is 10.1. The summed E-state index contributed by atoms with van der Waals surface area (Å²) in [6.45, 7) is 9.80. The quantitative estimate of drug-likeness (QED) is 0.536. The minimum absolute atomic E-state index is 0.129. The Morgan fingerprint density at radius 1 is 1.00 bits per heavy atom. The van der Waals surface area contributed by atoms with Crippen LogP contribution in [-0.2, 0) is 0 Å². The first kappa shape index (κ1) is 22.3. The van der Waals surface area contributed by atoms with E-state index in [2.05, 4.69) is 6.58 Å². The van der Waals surface area contributed by atoms with E-state index in [0.717, 1.165) is 16.9 Å². The molecule has 2 aromatic rings. The van der Waals surface area contributed by atoms with Gasteiger partial charge in [-0.05, 0) is 62.2 Å². The summed E-state index contributed by atoms with van der Waals surface area (Å²) in [5.74, 6) is 1.10. The van der Waals surface area contributed by atoms with Gasteiger partial charge >= 0.3 is 0 Å². The van der Waals surface area contributed by atoms with E-state index in [4.69, 9.17) is 20.4 Å². The maximum absolute atomic E-state index is 9.03. The SMILES string of the molecule is C=Cc1ccc(OC(C)(C)C)cc1.N#CC=C(C#N)C=Cc1ccc(O)cc1. The lowest BCUT2D eigenvalue weighted by molar-refractivity contribution is 0.131. The number of phenols is 1. The van der Waals surface area contributed by atoms with Gasteiger partial charge < -0.3 is 9.84 Å². The Balaban J connectivity index is 0.000000283. The molecule has 0 amide bonds. The van der Waals surface area contributed by atoms with Crippen molar-refractivity contribution in [2.75, 3.05) is 0 Å². The molecule has 142 valence electrons. The van der Waals surface area contributed by atoms with Gasteiger partial charge in [-0.25, -0.2) is 0 Å². The van der Waals surface area contributed by atoms with Gasteiger partial charge in [0.25, 0.3) is 0 Å². The number of nitrogens with zero attached hydrogens (tertiary/aromatic N) is 2. The van der Waals surface area contributed by atoms with Crippen molar-refractivity contribution in [3.05, 3.63) is 84.0 Å². The van der Waals surface area contributed by atoms with Gasteiger partial charge in [-0.15, -0.1) is 0 Å². The van der Waals surface area contributed by atoms with Crippen molar-refractivity contribution in [1.82, 2.24) is 0 Å². The number of rotatable bonds is 4. The highest BCUT2D eigenvalue weighted by Gasteiger charge is 2.10. The van der Waals surface area contributed by atoms with E-state index in [-0.39, 0.29) is 11.4 Å². The molecular weight excluding hydrogens is 348 g/mol. The van der Waals surface area contributed by atoms with Crippen molar-refractivity contribution in [1.29, 1.82) is 10.5 Å². The number of ether oxygens (including phenoxy) is 1. The molecule has 0 heterocycles. The summed E-state index contributed by atoms with van der Waals surface area (Å²) in [5.41, 5.74) is 2.13. The lowest BCUT2D eigenvalue weighted by Crippen LogP contribution is -2.22. The average molecular weight is 372 g/mol. The second-order valence-electron chi connectivity index (χ2n) is 6.75. The molecule has 0 aliphatic rings. The molecule has 0 aliphatic heterocycles. The van der Waals surface area contributed by atoms with E-state index in [1.165, 1.54) is 6.08 Å². The molecule has 28 heavy (non-hydrogen) atoms. The highest BCUT2D eigenvalue weighted by atomic mass is 16.5. The molecule has 1 N–H and O–H groups in total. The molecular formula is C24H24N2O2. The van der Waals surface area contributed by atoms with Crippen LogP contribution in [0, 0.1) is 22.7 Å². The van der Waals surface area contributed by atoms with E-state index in [1.54, 1.807) is 42.5 Å². The molecule has 0 radical (unpaired) electrons. The van der Waals surface area contributed by atoms with E-state index in [0.29, 0.717) is 5.57 Å². The number of hydrogen-bond acceptors (Lipinski definition) is 4. The summed E-state index contributed by atoms with van der Waals surface area (Å²) < 4.78 is 5.67. The summed E-state index contributed by atoms with van der Waals surface area (Å²) in [7, 11) is 0. The van der Waals surface area contributed by atoms with Crippen molar-refractivity contribution in [3.8, 4) is 23.6 Å². The first-order valence-electron chi connectivity index (χ1n) is 8.66. The van der Waals surface area contributed by atoms with E-state index in [1.807, 2.05) is 57.2 Å². The molecule has 4 nitrogen and oxygen atoms in total. The van der Waals surface area contributed by atoms with Crippen LogP contribution in [-0.4, -0.2) is 10.7 Å². The van der Waals surface area contributed by atoms with Gasteiger partial charge in [0.1, 0.15) is 17.1 Å². The summed E-state index contributed by atoms with van der Waals surface area (Å²) in [6.07, 6.45) is 6.25. The summed E-state index contributed by atoms with van der Waals surface area (Å²) >= 11 is 0. The van der Waals surface area contributed by atoms with Crippen molar-refractivity contribution in [2.24, 2.45) is 0 Å². The molecule has 4 heteroatoms. The van der Waals surface area contributed by atoms with Crippen LogP contribution < -0.4 is 4.74 Å². The number of allylic oxidation sites excluding steroid dienone is 3. The van der Waals surface area contributed by atoms with E-state index < -0.39 is 0 Å². The van der Waals surface area contributed by atoms with Crippen molar-refractivity contribution < 1.29 is 9.84 Å². The van der Waals surface area contributed by atoms with E-state index in [9.17, 15) is 0 Å². The minimum atomic E-state index is -0.129. The fraction of sp³-hybridized carbons (Fsp3) is 0.167. The van der Waals surface area contributed by atoms with Gasteiger partial charge in [0.15, 0.2) is 0 Å². The summed E-state index contributed by atoms with van der Waals surface area (Å²) in [6, 6.07) is 18.1. The van der Waals surface area contributed by atoms with Gasteiger partial charge in [0.2, 0.25) is 0 Å². The van der Waals surface area contributed by atoms with Crippen LogP contribution in [0.25, 0.3) is 12.2 Å². The zero-order valence-electron chi connectivity index (χ0n) is 16.4. The maximum atomic E-state index is 9.03. The van der Waals surface area contributed by atoms with Gasteiger partial charge in [0.05, 0.1) is 17.7 Å². The fourth-order valence-electron chi connectivity index (χ4n) is 1.98. The standard InChI is InChI=1S/C12H8N2O.C12H16O/c13-8-7-11(9-14)2-1-10-3-5-12(15)6-4-10;1-5-10-6-8-11(9-7-10)13-12(2,3)4/h1-7,15H;5-9H,1H2,2-4H3. The maximum Gasteiger partial charge on any atom is 0.120 e. The topological polar surface area (TPSA) is 77.0 Å². The monoisotopic (exact) mass is 372 g/mol. The zero-order chi connectivity index (χ0) is 21.0. The lowest BCUT2D eigenvalue weighted by Gasteiger charge is -2.21. The van der Waals surface area contributed by atoms with Crippen LogP contribution in [0.3, 0.4) is 0 Å². The molecule has 0 saturated carbocycles. The Labute approximate surface area is 166 Å². The van der Waals surface area contributed by atoms with Gasteiger partial charge in [0, 0.05) is 6.08 Å². The van der Waals surface area contributed by atoms with Crippen molar-refractivity contribution >= 4 is 12.2 Å². The first-order valence-corrected chi connectivity index (χ1v) is 8.66. The Hall–Kier alpha value is -3.76. The second kappa shape index (κ2) is 11.1. The smallest absolute Gasteiger partial charge is 0.120 e. The molecule has 0 unspecified atom stereocenters. The number of aromatic hydroxyl groups is 1. The Morgan fingerprint density at radius 3 is 2.04 bits per heavy atom. The van der Waals surface area contributed by atoms with Gasteiger partial charge in [-0.3, -0.25) is 0 Å². The number of phenolic OH excluding ortho intramolecular Hbond substituents is 1. The molecule has 0 atom stereocenters. The Morgan fingerprint density at radius 2 is 1.57 bits per heavy atom. The van der Waals surface area contributed by atoms with Crippen molar-refractivity contribution in [3.63, 3.8) is 0 Å². The minimum Gasteiger partial charge on any atom is -0.508 e. The van der Waals surface area contributed by atoms with Crippen LogP contribution in [0.1, 0.15) is 31.9 Å². The van der Waals surface area contributed by atoms with Crippen molar-refractivity contribution in [2.45, 2.75) is 26.4 Å². The summed E-state index contributed by atoms with van der Waals surface area (Å²) in [5, 5.41) is 26.0. The predicted molar refractivity (Wildman–Crippen MR) is 113 cm³/mol. The largest absolute Gasteiger partial charge is 0.508 e. The van der Waals surface area contributed by atoms with Crippen LogP contribution in [0.5, 0.6) is 11.5 Å². The molecule has 0 spiro atoms. The van der Waals surface area contributed by atoms with Crippen LogP contribution >= 0.6 is 0 Å². The normalized spacial score (nSPS) is 11.0. The van der Waals surface area contributed by atoms with Crippen LogP contribution in [0.2, 0.25) is 0 Å². The third-order valence-electron chi connectivity index (χ3n) is 3.24. The average Bonchev–Trinajstić information content (AvgIpc) is 2.66. The number of benzene rings is 2. The van der Waals surface area contributed by atoms with Gasteiger partial charge in [-0.2, -0.15) is 10.5 Å². The third-order valence-corrected chi connectivity index (χ3v) is 3.24. The molecule has 0 fully saturated rings. The highest BCUT2D eigenvalue weighted by Crippen LogP contribution is 2.18. The summed E-state index contributed by atoms with van der Waals surface area (Å²) in [4.78, 5) is 0. The van der Waals surface area contributed by atoms with E-state index >= 15 is 0 Å². The molecule has 0 aromatic heterocycles. The molecule has 0 bridgehead atoms. The molecule has 2 aromatic carbocycles. The predicted octanol–water partition coefficient (Wildman–Crippen LogP) is 5.89. The molecule has 2 rings (SSSR count). The number of hydrogen-bond donors (Lipinski definition) is 1. The first-order chi connectivity index (χ1) is 13.3. The fourth-order valence-corrected chi connectivity index (χ4v) is 1.98. The number of nitriles is 2. The second-order valence-corrected chi connectivity index (χ2v) is 6.75. The third kappa shape index (κ3) is 9.08. The zero-order valence-corrected chi connectivity index (χ0v) is 16.4. The van der Waals surface area contributed by atoms with Crippen LogP contribution in [0.4, 0.5) is 0 Å². The molecule has 0 saturated heterocycles. The van der Waals surface area contributed by atoms with Gasteiger partial charge in [-0.1, -0.05) is 43.0 Å². The Kier molecular flexibility index (Phi) is 8.80. The van der Waals surface area contributed by atoms with Crippen LogP contribution in [0.15, 0.2) is 72.8 Å².